The lowest BCUT2D eigenvalue weighted by atomic mass is 9.49. The summed E-state index contributed by atoms with van der Waals surface area (Å²) in [6, 6.07) is 22.3. The van der Waals surface area contributed by atoms with Crippen molar-refractivity contribution in [2.45, 2.75) is 167 Å². The van der Waals surface area contributed by atoms with E-state index in [4.69, 9.17) is 14.2 Å². The molecule has 504 valence electrons. The molecular formula is C75H84N6O15. The van der Waals surface area contributed by atoms with Gasteiger partial charge in [-0.25, -0.2) is 14.4 Å². The average Bonchev–Trinajstić information content (AvgIpc) is 0.786. The number of phenols is 1. The van der Waals surface area contributed by atoms with E-state index in [0.29, 0.717) is 68.0 Å². The average molecular weight is 1310 g/mol. The Bertz CT molecular complexity index is 4440. The van der Waals surface area contributed by atoms with Crippen LogP contribution in [0.25, 0.3) is 0 Å². The summed E-state index contributed by atoms with van der Waals surface area (Å²) in [6.07, 6.45) is 14.6. The molecule has 0 unspecified atom stereocenters. The van der Waals surface area contributed by atoms with E-state index in [2.05, 4.69) is 53.9 Å². The number of likely N-dealkylation sites (tertiary alicyclic amines) is 3. The zero-order valence-electron chi connectivity index (χ0n) is 54.6. The van der Waals surface area contributed by atoms with Crippen LogP contribution in [0.3, 0.4) is 0 Å². The summed E-state index contributed by atoms with van der Waals surface area (Å²) >= 11 is 0. The van der Waals surface area contributed by atoms with E-state index >= 15 is 0 Å². The highest BCUT2D eigenvalue weighted by Crippen LogP contribution is 2.61. The highest BCUT2D eigenvalue weighted by Gasteiger charge is 2.68. The third-order valence-corrected chi connectivity index (χ3v) is 25.3. The molecular weight excluding hydrogens is 1220 g/mol. The van der Waals surface area contributed by atoms with Crippen molar-refractivity contribution in [2.75, 3.05) is 60.6 Å². The minimum atomic E-state index is -1.26. The number of pyridine rings is 3. The van der Waals surface area contributed by atoms with Gasteiger partial charge in [0.05, 0.1) is 38.1 Å². The predicted molar refractivity (Wildman–Crippen MR) is 352 cm³/mol. The number of aromatic amines is 3. The first-order valence-electron chi connectivity index (χ1n) is 34.4. The Balaban J connectivity index is 0.000000113. The molecule has 3 saturated heterocycles. The van der Waals surface area contributed by atoms with Crippen LogP contribution >= 0.6 is 0 Å². The van der Waals surface area contributed by atoms with Crippen molar-refractivity contribution in [3.05, 3.63) is 188 Å². The van der Waals surface area contributed by atoms with Gasteiger partial charge in [-0.05, 0) is 219 Å². The number of hydrogen-bond acceptors (Lipinski definition) is 16. The molecule has 6 bridgehead atoms. The fourth-order valence-corrected chi connectivity index (χ4v) is 20.0. The van der Waals surface area contributed by atoms with Gasteiger partial charge in [-0.2, -0.15) is 0 Å². The van der Waals surface area contributed by atoms with Crippen LogP contribution in [-0.4, -0.2) is 174 Å². The van der Waals surface area contributed by atoms with Crippen LogP contribution in [0, 0.1) is 17.8 Å². The fraction of sp³-hybridized carbons (Fsp3) is 0.520. The number of carboxylic acid groups (broad SMARTS) is 2. The first-order chi connectivity index (χ1) is 46.0. The monoisotopic (exact) mass is 1310 g/mol. The smallest absolute Gasteiger partial charge is 0.343 e. The Morgan fingerprint density at radius 2 is 0.792 bits per heavy atom. The Hall–Kier alpha value is -7.92. The summed E-state index contributed by atoms with van der Waals surface area (Å²) in [5, 5.41) is 66.6. The number of fused-ring (bicyclic) bond motifs is 6. The fourth-order valence-electron chi connectivity index (χ4n) is 20.0. The lowest BCUT2D eigenvalue weighted by Gasteiger charge is -2.63. The van der Waals surface area contributed by atoms with Gasteiger partial charge in [0.25, 0.3) is 16.7 Å². The van der Waals surface area contributed by atoms with Gasteiger partial charge in [-0.15, -0.1) is 0 Å². The standard InChI is InChI=1S/C26H30N2O5.C25H28N2O5.C24H26N2O5/c1-32-18-6-5-16-10-22-26(31)12-17-9-19(24(30)33-2)23(29)27-21(17)13-25(26,20(16)11-18)7-8-28(22)14-15-3-4-15;1-32-17-5-4-15-9-21-25(31)11-16-8-18(23(29)30)22(28)26-20(16)12-24(25,19(15)10-17)6-7-27(21)13-14-2-3-14;27-16-4-3-14-8-20-24(31)10-15-7-17(22(29)30)21(28)25-19(15)11-23(24,18(14)9-16)5-6-26(20)12-13-1-2-13/h5-6,9,11,15,22,31H,3-4,7-8,10,12-14H2,1-2H3,(H,27,29);4-5,8,10,14,21,31H,2-3,6-7,9,11-13H2,1H3,(H,26,28)(H,29,30);3-4,7,9,13,20,27,31H,1-2,5-6,8,10-12H2,(H,25,28)(H,29,30)/t22-,25-,26-;21-,24-,25-;20-,23-,24-/m111/s1. The summed E-state index contributed by atoms with van der Waals surface area (Å²) in [5.41, 5.74) is 4.37. The zero-order valence-corrected chi connectivity index (χ0v) is 54.6. The Labute approximate surface area is 554 Å². The van der Waals surface area contributed by atoms with Crippen molar-refractivity contribution in [3.8, 4) is 17.2 Å². The first kappa shape index (κ1) is 62.9. The molecule has 6 fully saturated rings. The van der Waals surface area contributed by atoms with Gasteiger partial charge in [0.1, 0.15) is 33.9 Å². The number of carboxylic acids is 2. The van der Waals surface area contributed by atoms with E-state index in [1.165, 1.54) is 68.9 Å². The SMILES string of the molecule is COC(=O)c1cc2c([nH]c1=O)C[C@]13CCN(CC4CC4)[C@H](Cc4ccc(OC)cc41)[C@]3(O)C2.COc1ccc2c(c1)[C@]13CCN(CC4CC4)[C@H](C2)[C@]1(O)Cc1cc(C(=O)O)c(=O)[nH]c1C3.O=C(O)c1cc2c([nH]c1=O)C[C@]13CCN(CC4CC4)[C@H](Cc4ccc(O)cc41)[C@]3(O)C2. The van der Waals surface area contributed by atoms with Gasteiger partial charge < -0.3 is 59.8 Å². The second-order valence-electron chi connectivity index (χ2n) is 30.3. The number of benzene rings is 3. The largest absolute Gasteiger partial charge is 0.508 e. The molecule has 21 heteroatoms. The van der Waals surface area contributed by atoms with E-state index < -0.39 is 67.6 Å². The number of aromatic hydroxyl groups is 1. The maximum Gasteiger partial charge on any atom is 0.343 e. The third kappa shape index (κ3) is 9.73. The minimum absolute atomic E-state index is 0.00519. The van der Waals surface area contributed by atoms with E-state index in [9.17, 15) is 59.4 Å². The number of hydrogen-bond donors (Lipinski definition) is 9. The normalized spacial score (nSPS) is 30.8. The topological polar surface area (TPSA) is 309 Å². The summed E-state index contributed by atoms with van der Waals surface area (Å²) < 4.78 is 15.9. The van der Waals surface area contributed by atoms with Gasteiger partial charge in [0, 0.05) is 110 Å². The Morgan fingerprint density at radius 3 is 1.12 bits per heavy atom. The predicted octanol–water partition coefficient (Wildman–Crippen LogP) is 5.45. The Morgan fingerprint density at radius 1 is 0.458 bits per heavy atom. The molecule has 3 saturated carbocycles. The number of rotatable bonds is 11. The van der Waals surface area contributed by atoms with Gasteiger partial charge in [-0.1, -0.05) is 18.2 Å². The number of nitrogens with zero attached hydrogens (tertiary/aromatic N) is 3. The summed E-state index contributed by atoms with van der Waals surface area (Å²) in [4.78, 5) is 88.8. The van der Waals surface area contributed by atoms with Crippen LogP contribution in [-0.2, 0) is 78.8 Å². The third-order valence-electron chi connectivity index (χ3n) is 25.3. The number of ether oxygens (including phenoxy) is 3. The molecule has 3 aromatic carbocycles. The molecule has 9 N–H and O–H groups in total. The number of carbonyl (C=O) groups excluding carboxylic acids is 1. The molecule has 0 amide bonds. The van der Waals surface area contributed by atoms with Crippen molar-refractivity contribution in [1.82, 2.24) is 29.7 Å². The van der Waals surface area contributed by atoms with Crippen LogP contribution < -0.4 is 26.2 Å². The summed E-state index contributed by atoms with van der Waals surface area (Å²) in [6.45, 7) is 5.72. The number of esters is 1. The van der Waals surface area contributed by atoms with Gasteiger partial charge in [0.15, 0.2) is 0 Å². The zero-order chi connectivity index (χ0) is 66.8. The molecule has 3 aromatic heterocycles. The lowest BCUT2D eigenvalue weighted by Crippen LogP contribution is -2.74. The number of aromatic carboxylic acids is 2. The van der Waals surface area contributed by atoms with E-state index in [1.54, 1.807) is 32.4 Å². The quantitative estimate of drug-likeness (QED) is 0.0728. The second-order valence-corrected chi connectivity index (χ2v) is 30.3. The molecule has 18 rings (SSSR count). The van der Waals surface area contributed by atoms with Crippen molar-refractivity contribution < 1.29 is 59.2 Å². The van der Waals surface area contributed by atoms with E-state index in [0.717, 1.165) is 134 Å². The van der Waals surface area contributed by atoms with Crippen LogP contribution in [0.4, 0.5) is 0 Å². The van der Waals surface area contributed by atoms with Crippen LogP contribution in [0.2, 0.25) is 0 Å². The molecule has 0 spiro atoms. The van der Waals surface area contributed by atoms with Gasteiger partial charge in [0.2, 0.25) is 0 Å². The summed E-state index contributed by atoms with van der Waals surface area (Å²) in [7, 11) is 4.59. The van der Waals surface area contributed by atoms with Crippen LogP contribution in [0.5, 0.6) is 17.2 Å². The molecule has 6 aromatic rings. The van der Waals surface area contributed by atoms with Gasteiger partial charge in [-0.3, -0.25) is 29.1 Å². The van der Waals surface area contributed by atoms with Crippen LogP contribution in [0.15, 0.2) is 87.2 Å². The van der Waals surface area contributed by atoms with Gasteiger partial charge >= 0.3 is 17.9 Å². The molecule has 96 heavy (non-hydrogen) atoms. The number of carbonyl (C=O) groups is 3. The second kappa shape index (κ2) is 22.6. The maximum atomic E-state index is 12.7. The van der Waals surface area contributed by atoms with Crippen molar-refractivity contribution in [3.63, 3.8) is 0 Å². The highest BCUT2D eigenvalue weighted by atomic mass is 16.5. The van der Waals surface area contributed by atoms with Crippen molar-refractivity contribution in [1.29, 1.82) is 0 Å². The molecule has 21 nitrogen and oxygen atoms in total. The summed E-state index contributed by atoms with van der Waals surface area (Å²) in [5.74, 6) is 0.718. The van der Waals surface area contributed by atoms with Crippen molar-refractivity contribution >= 4 is 17.9 Å². The molecule has 12 aliphatic rings. The molecule has 0 radical (unpaired) electrons. The maximum absolute atomic E-state index is 12.7. The highest BCUT2D eigenvalue weighted by molar-refractivity contribution is 5.89. The molecule has 3 aliphatic heterocycles. The molecule has 9 atom stereocenters. The van der Waals surface area contributed by atoms with Crippen molar-refractivity contribution in [2.24, 2.45) is 17.8 Å². The number of nitrogens with one attached hydrogen (secondary N) is 3. The molecule has 6 heterocycles. The van der Waals surface area contributed by atoms with Crippen LogP contribution in [0.1, 0.15) is 156 Å². The number of methoxy groups -OCH3 is 3. The number of H-pyrrole nitrogens is 3. The molecule has 9 aliphatic carbocycles. The first-order valence-corrected chi connectivity index (χ1v) is 34.4. The Kier molecular flexibility index (Phi) is 14.8. The minimum Gasteiger partial charge on any atom is -0.508 e. The number of aliphatic hydroxyl groups is 3. The number of phenolic OH excluding ortho intramolecular Hbond substituents is 1. The number of piperidine rings is 3. The van der Waals surface area contributed by atoms with E-state index in [1.807, 2.05) is 18.2 Å². The lowest BCUT2D eigenvalue weighted by molar-refractivity contribution is -0.152. The number of aromatic nitrogens is 3. The van der Waals surface area contributed by atoms with E-state index in [-0.39, 0.29) is 40.6 Å².